The summed E-state index contributed by atoms with van der Waals surface area (Å²) in [5.74, 6) is -1.78. The van der Waals surface area contributed by atoms with E-state index in [1.54, 1.807) is 0 Å². The van der Waals surface area contributed by atoms with Crippen LogP contribution in [0.15, 0.2) is 48.5 Å². The quantitative estimate of drug-likeness (QED) is 0.846. The van der Waals surface area contributed by atoms with Crippen LogP contribution in [0.2, 0.25) is 5.02 Å². The predicted octanol–water partition coefficient (Wildman–Crippen LogP) is 3.53. The first-order chi connectivity index (χ1) is 10.6. The molecule has 1 atom stereocenters. The molecule has 0 bridgehead atoms. The maximum absolute atomic E-state index is 13.3. The number of carboxylic acids is 1. The maximum atomic E-state index is 13.3. The van der Waals surface area contributed by atoms with Gasteiger partial charge < -0.3 is 14.6 Å². The van der Waals surface area contributed by atoms with Crippen LogP contribution in [0.1, 0.15) is 5.56 Å². The zero-order chi connectivity index (χ0) is 15.9. The molecule has 0 saturated carbocycles. The molecule has 0 unspecified atom stereocenters. The van der Waals surface area contributed by atoms with Crippen LogP contribution in [0.5, 0.6) is 5.75 Å². The van der Waals surface area contributed by atoms with Gasteiger partial charge in [-0.3, -0.25) is 0 Å². The predicted molar refractivity (Wildman–Crippen MR) is 79.6 cm³/mol. The van der Waals surface area contributed by atoms with E-state index in [1.807, 2.05) is 30.3 Å². The number of rotatable bonds is 7. The highest BCUT2D eigenvalue weighted by molar-refractivity contribution is 6.30. The van der Waals surface area contributed by atoms with E-state index >= 15 is 0 Å². The van der Waals surface area contributed by atoms with Crippen molar-refractivity contribution < 1.29 is 23.8 Å². The monoisotopic (exact) mass is 324 g/mol. The van der Waals surface area contributed by atoms with Crippen LogP contribution in [0.25, 0.3) is 0 Å². The second-order valence-corrected chi connectivity index (χ2v) is 4.93. The van der Waals surface area contributed by atoms with Crippen molar-refractivity contribution in [3.63, 3.8) is 0 Å². The average molecular weight is 325 g/mol. The Morgan fingerprint density at radius 1 is 1.23 bits per heavy atom. The molecular weight excluding hydrogens is 311 g/mol. The van der Waals surface area contributed by atoms with E-state index < -0.39 is 17.9 Å². The Hall–Kier alpha value is -2.11. The van der Waals surface area contributed by atoms with Gasteiger partial charge in [-0.15, -0.1) is 0 Å². The molecule has 2 aromatic rings. The fourth-order valence-corrected chi connectivity index (χ4v) is 1.85. The van der Waals surface area contributed by atoms with Crippen molar-refractivity contribution in [1.82, 2.24) is 0 Å². The summed E-state index contributed by atoms with van der Waals surface area (Å²) in [5.41, 5.74) is 0.921. The van der Waals surface area contributed by atoms with Crippen molar-refractivity contribution in [1.29, 1.82) is 0 Å². The second kappa shape index (κ2) is 7.77. The average Bonchev–Trinajstić information content (AvgIpc) is 2.51. The number of carbonyl (C=O) groups is 1. The molecule has 6 heteroatoms. The largest absolute Gasteiger partial charge is 0.478 e. The first-order valence-corrected chi connectivity index (χ1v) is 6.90. The van der Waals surface area contributed by atoms with Crippen molar-refractivity contribution in [2.24, 2.45) is 0 Å². The van der Waals surface area contributed by atoms with Gasteiger partial charge >= 0.3 is 5.97 Å². The minimum atomic E-state index is -1.23. The van der Waals surface area contributed by atoms with Gasteiger partial charge in [-0.25, -0.2) is 9.18 Å². The van der Waals surface area contributed by atoms with Gasteiger partial charge in [0.15, 0.2) is 0 Å². The molecule has 1 N–H and O–H groups in total. The maximum Gasteiger partial charge on any atom is 0.347 e. The summed E-state index contributed by atoms with van der Waals surface area (Å²) >= 11 is 5.56. The summed E-state index contributed by atoms with van der Waals surface area (Å²) in [6.45, 7) is 0.109. The van der Waals surface area contributed by atoms with Gasteiger partial charge in [0, 0.05) is 6.07 Å². The van der Waals surface area contributed by atoms with Crippen LogP contribution in [-0.2, 0) is 16.1 Å². The zero-order valence-electron chi connectivity index (χ0n) is 11.5. The lowest BCUT2D eigenvalue weighted by Gasteiger charge is -2.15. The van der Waals surface area contributed by atoms with Gasteiger partial charge in [-0.05, 0) is 17.7 Å². The molecule has 22 heavy (non-hydrogen) atoms. The third-order valence-electron chi connectivity index (χ3n) is 2.83. The zero-order valence-corrected chi connectivity index (χ0v) is 12.3. The SMILES string of the molecule is O=C(O)[C@@H](COCc1ccccc1)Oc1ccc(Cl)c(F)c1. The van der Waals surface area contributed by atoms with Gasteiger partial charge in [0.25, 0.3) is 0 Å². The van der Waals surface area contributed by atoms with Crippen molar-refractivity contribution in [3.8, 4) is 5.75 Å². The number of aliphatic carboxylic acids is 1. The molecule has 0 radical (unpaired) electrons. The molecule has 0 aliphatic rings. The molecule has 0 amide bonds. The van der Waals surface area contributed by atoms with E-state index in [-0.39, 0.29) is 24.0 Å². The Labute approximate surface area is 132 Å². The minimum absolute atomic E-state index is 0.0560. The molecule has 0 aliphatic heterocycles. The van der Waals surface area contributed by atoms with E-state index in [0.717, 1.165) is 11.6 Å². The smallest absolute Gasteiger partial charge is 0.347 e. The van der Waals surface area contributed by atoms with Crippen LogP contribution in [0, 0.1) is 5.82 Å². The number of benzene rings is 2. The summed E-state index contributed by atoms with van der Waals surface area (Å²) in [5, 5.41) is 9.07. The summed E-state index contributed by atoms with van der Waals surface area (Å²) in [6, 6.07) is 13.1. The van der Waals surface area contributed by atoms with Crippen LogP contribution < -0.4 is 4.74 Å². The van der Waals surface area contributed by atoms with Crippen molar-refractivity contribution in [3.05, 3.63) is 64.9 Å². The van der Waals surface area contributed by atoms with Gasteiger partial charge in [0.2, 0.25) is 6.10 Å². The van der Waals surface area contributed by atoms with Gasteiger partial charge in [0.1, 0.15) is 11.6 Å². The third kappa shape index (κ3) is 4.72. The molecule has 0 saturated heterocycles. The minimum Gasteiger partial charge on any atom is -0.478 e. The van der Waals surface area contributed by atoms with Crippen LogP contribution in [0.4, 0.5) is 4.39 Å². The fraction of sp³-hybridized carbons (Fsp3) is 0.188. The van der Waals surface area contributed by atoms with Crippen LogP contribution in [-0.4, -0.2) is 23.8 Å². The molecule has 0 spiro atoms. The lowest BCUT2D eigenvalue weighted by atomic mass is 10.2. The topological polar surface area (TPSA) is 55.8 Å². The number of hydrogen-bond acceptors (Lipinski definition) is 3. The first kappa shape index (κ1) is 16.3. The highest BCUT2D eigenvalue weighted by Gasteiger charge is 2.20. The summed E-state index contributed by atoms with van der Waals surface area (Å²) in [6.07, 6.45) is -1.23. The molecule has 0 aliphatic carbocycles. The molecule has 0 fully saturated rings. The third-order valence-corrected chi connectivity index (χ3v) is 3.13. The Bertz CT molecular complexity index is 633. The number of carboxylic acid groups (broad SMARTS) is 1. The van der Waals surface area contributed by atoms with E-state index in [0.29, 0.717) is 0 Å². The van der Waals surface area contributed by atoms with E-state index in [4.69, 9.17) is 26.2 Å². The molecule has 116 valence electrons. The molecule has 2 aromatic carbocycles. The Kier molecular flexibility index (Phi) is 5.75. The second-order valence-electron chi connectivity index (χ2n) is 4.52. The number of ether oxygens (including phenoxy) is 2. The Balaban J connectivity index is 1.92. The molecular formula is C16H14ClFO4. The summed E-state index contributed by atoms with van der Waals surface area (Å²) in [4.78, 5) is 11.2. The number of halogens is 2. The fourth-order valence-electron chi connectivity index (χ4n) is 1.73. The highest BCUT2D eigenvalue weighted by Crippen LogP contribution is 2.21. The van der Waals surface area contributed by atoms with Crippen molar-refractivity contribution >= 4 is 17.6 Å². The molecule has 2 rings (SSSR count). The van der Waals surface area contributed by atoms with Gasteiger partial charge in [-0.2, -0.15) is 0 Å². The van der Waals surface area contributed by atoms with E-state index in [2.05, 4.69) is 0 Å². The van der Waals surface area contributed by atoms with Gasteiger partial charge in [-0.1, -0.05) is 41.9 Å². The highest BCUT2D eigenvalue weighted by atomic mass is 35.5. The Morgan fingerprint density at radius 2 is 1.95 bits per heavy atom. The van der Waals surface area contributed by atoms with Crippen molar-refractivity contribution in [2.75, 3.05) is 6.61 Å². The lowest BCUT2D eigenvalue weighted by Crippen LogP contribution is -2.32. The number of hydrogen-bond donors (Lipinski definition) is 1. The summed E-state index contributed by atoms with van der Waals surface area (Å²) in [7, 11) is 0. The van der Waals surface area contributed by atoms with Crippen LogP contribution in [0.3, 0.4) is 0 Å². The van der Waals surface area contributed by atoms with Crippen LogP contribution >= 0.6 is 11.6 Å². The lowest BCUT2D eigenvalue weighted by molar-refractivity contribution is -0.148. The standard InChI is InChI=1S/C16H14ClFO4/c17-13-7-6-12(8-14(13)18)22-15(16(19)20)10-21-9-11-4-2-1-3-5-11/h1-8,15H,9-10H2,(H,19,20)/t15-/m1/s1. The van der Waals surface area contributed by atoms with E-state index in [9.17, 15) is 9.18 Å². The van der Waals surface area contributed by atoms with E-state index in [1.165, 1.54) is 12.1 Å². The normalized spacial score (nSPS) is 11.9. The summed E-state index contributed by atoms with van der Waals surface area (Å²) < 4.78 is 23.9. The van der Waals surface area contributed by atoms with Gasteiger partial charge in [0.05, 0.1) is 18.2 Å². The van der Waals surface area contributed by atoms with Crippen molar-refractivity contribution in [2.45, 2.75) is 12.7 Å². The first-order valence-electron chi connectivity index (χ1n) is 6.52. The Morgan fingerprint density at radius 3 is 2.59 bits per heavy atom. The molecule has 0 aromatic heterocycles. The molecule has 4 nitrogen and oxygen atoms in total. The molecule has 0 heterocycles.